The number of nitrogens with two attached hydrogens (primary N) is 1. The monoisotopic (exact) mass is 195 g/mol. The number of ether oxygens (including phenoxy) is 1. The highest BCUT2D eigenvalue weighted by Gasteiger charge is 2.31. The van der Waals surface area contributed by atoms with Gasteiger partial charge in [-0.3, -0.25) is 4.79 Å². The van der Waals surface area contributed by atoms with Crippen molar-refractivity contribution in [2.45, 2.75) is 19.3 Å². The first-order valence-corrected chi connectivity index (χ1v) is 4.15. The Bertz CT molecular complexity index is 332. The second-order valence-electron chi connectivity index (χ2n) is 3.45. The van der Waals surface area contributed by atoms with Gasteiger partial charge in [0.1, 0.15) is 0 Å². The van der Waals surface area contributed by atoms with E-state index in [1.54, 1.807) is 13.8 Å². The summed E-state index contributed by atoms with van der Waals surface area (Å²) in [7, 11) is 1.35. The van der Waals surface area contributed by atoms with E-state index in [0.29, 0.717) is 5.56 Å². The van der Waals surface area contributed by atoms with Gasteiger partial charge >= 0.3 is 5.97 Å². The molecule has 0 aliphatic heterocycles. The molecule has 0 aliphatic carbocycles. The second-order valence-corrected chi connectivity index (χ2v) is 3.45. The Kier molecular flexibility index (Phi) is 2.69. The lowest BCUT2D eigenvalue weighted by Gasteiger charge is -2.20. The van der Waals surface area contributed by atoms with Gasteiger partial charge in [-0.05, 0) is 13.8 Å². The van der Waals surface area contributed by atoms with Crippen molar-refractivity contribution in [3.8, 4) is 0 Å². The molecule has 0 saturated carbocycles. The van der Waals surface area contributed by atoms with Crippen molar-refractivity contribution in [3.05, 3.63) is 18.0 Å². The Morgan fingerprint density at radius 3 is 2.36 bits per heavy atom. The minimum absolute atomic E-state index is 0.189. The number of carbonyl (C=O) groups excluding carboxylic acids is 1. The van der Waals surface area contributed by atoms with Crippen LogP contribution in [0.5, 0.6) is 0 Å². The molecule has 1 heterocycles. The first kappa shape index (κ1) is 10.4. The lowest BCUT2D eigenvalue weighted by atomic mass is 9.87. The number of nitrogen functional groups attached to an aromatic ring is 1. The van der Waals surface area contributed by atoms with Gasteiger partial charge in [0.05, 0.1) is 12.5 Å². The van der Waals surface area contributed by atoms with Crippen LogP contribution in [0.15, 0.2) is 12.4 Å². The third-order valence-electron chi connectivity index (χ3n) is 2.09. The van der Waals surface area contributed by atoms with Crippen molar-refractivity contribution in [2.24, 2.45) is 0 Å². The number of esters is 1. The molecule has 0 fully saturated rings. The van der Waals surface area contributed by atoms with Crippen molar-refractivity contribution in [1.82, 2.24) is 9.97 Å². The van der Waals surface area contributed by atoms with Crippen molar-refractivity contribution >= 4 is 11.9 Å². The minimum Gasteiger partial charge on any atom is -0.468 e. The zero-order valence-corrected chi connectivity index (χ0v) is 8.44. The predicted molar refractivity (Wildman–Crippen MR) is 51.5 cm³/mol. The van der Waals surface area contributed by atoms with Gasteiger partial charge in [0.2, 0.25) is 5.95 Å². The molecule has 0 unspecified atom stereocenters. The number of anilines is 1. The average molecular weight is 195 g/mol. The molecule has 5 heteroatoms. The molecule has 0 saturated heterocycles. The molecule has 0 spiro atoms. The zero-order chi connectivity index (χ0) is 10.8. The predicted octanol–water partition coefficient (Wildman–Crippen LogP) is 0.509. The number of carbonyl (C=O) groups is 1. The number of aromatic nitrogens is 2. The number of methoxy groups -OCH3 is 1. The van der Waals surface area contributed by atoms with Gasteiger partial charge in [-0.2, -0.15) is 0 Å². The smallest absolute Gasteiger partial charge is 0.315 e. The van der Waals surface area contributed by atoms with E-state index in [9.17, 15) is 4.79 Å². The Morgan fingerprint density at radius 2 is 1.93 bits per heavy atom. The molecule has 0 amide bonds. The summed E-state index contributed by atoms with van der Waals surface area (Å²) in [4.78, 5) is 19.1. The lowest BCUT2D eigenvalue weighted by molar-refractivity contribution is -0.146. The standard InChI is InChI=1S/C9H13N3O2/c1-9(2,7(13)14-3)6-4-11-8(10)12-5-6/h4-5H,1-3H3,(H2,10,11,12). The molecule has 0 aliphatic rings. The molecule has 5 nitrogen and oxygen atoms in total. The molecule has 14 heavy (non-hydrogen) atoms. The maximum Gasteiger partial charge on any atom is 0.315 e. The summed E-state index contributed by atoms with van der Waals surface area (Å²) in [6.45, 7) is 3.49. The molecule has 76 valence electrons. The van der Waals surface area contributed by atoms with E-state index >= 15 is 0 Å². The second kappa shape index (κ2) is 3.61. The fourth-order valence-corrected chi connectivity index (χ4v) is 1.03. The molecule has 2 N–H and O–H groups in total. The van der Waals surface area contributed by atoms with Crippen molar-refractivity contribution in [2.75, 3.05) is 12.8 Å². The van der Waals surface area contributed by atoms with Crippen LogP contribution in [0.25, 0.3) is 0 Å². The molecular formula is C9H13N3O2. The van der Waals surface area contributed by atoms with Gasteiger partial charge in [-0.25, -0.2) is 9.97 Å². The van der Waals surface area contributed by atoms with Crippen LogP contribution >= 0.6 is 0 Å². The van der Waals surface area contributed by atoms with E-state index in [2.05, 4.69) is 14.7 Å². The van der Waals surface area contributed by atoms with Crippen LogP contribution in [0.2, 0.25) is 0 Å². The maximum absolute atomic E-state index is 11.4. The zero-order valence-electron chi connectivity index (χ0n) is 8.44. The average Bonchev–Trinajstić information content (AvgIpc) is 2.17. The van der Waals surface area contributed by atoms with Gasteiger partial charge in [-0.1, -0.05) is 0 Å². The highest BCUT2D eigenvalue weighted by molar-refractivity contribution is 5.81. The lowest BCUT2D eigenvalue weighted by Crippen LogP contribution is -2.30. The fourth-order valence-electron chi connectivity index (χ4n) is 1.03. The maximum atomic E-state index is 11.4. The van der Waals surface area contributed by atoms with E-state index in [1.807, 2.05) is 0 Å². The third kappa shape index (κ3) is 1.81. The van der Waals surface area contributed by atoms with Crippen LogP contribution in [0.1, 0.15) is 19.4 Å². The first-order chi connectivity index (χ1) is 6.48. The minimum atomic E-state index is -0.748. The van der Waals surface area contributed by atoms with Gasteiger partial charge in [0, 0.05) is 18.0 Å². The molecule has 0 bridgehead atoms. The highest BCUT2D eigenvalue weighted by Crippen LogP contribution is 2.23. The molecule has 1 rings (SSSR count). The van der Waals surface area contributed by atoms with Gasteiger partial charge in [0.15, 0.2) is 0 Å². The van der Waals surface area contributed by atoms with Crippen LogP contribution in [0, 0.1) is 0 Å². The van der Waals surface area contributed by atoms with E-state index in [4.69, 9.17) is 5.73 Å². The third-order valence-corrected chi connectivity index (χ3v) is 2.09. The van der Waals surface area contributed by atoms with Crippen LogP contribution < -0.4 is 5.73 Å². The van der Waals surface area contributed by atoms with Crippen molar-refractivity contribution in [3.63, 3.8) is 0 Å². The molecule has 0 radical (unpaired) electrons. The van der Waals surface area contributed by atoms with Crippen molar-refractivity contribution in [1.29, 1.82) is 0 Å². The topological polar surface area (TPSA) is 78.1 Å². The van der Waals surface area contributed by atoms with Crippen LogP contribution in [-0.4, -0.2) is 23.0 Å². The molecule has 1 aromatic rings. The van der Waals surface area contributed by atoms with Crippen LogP contribution in [0.3, 0.4) is 0 Å². The van der Waals surface area contributed by atoms with Crippen molar-refractivity contribution < 1.29 is 9.53 Å². The summed E-state index contributed by atoms with van der Waals surface area (Å²) in [6, 6.07) is 0. The van der Waals surface area contributed by atoms with Gasteiger partial charge < -0.3 is 10.5 Å². The number of hydrogen-bond acceptors (Lipinski definition) is 5. The highest BCUT2D eigenvalue weighted by atomic mass is 16.5. The summed E-state index contributed by atoms with van der Waals surface area (Å²) in [5.74, 6) is -0.139. The summed E-state index contributed by atoms with van der Waals surface area (Å²) >= 11 is 0. The summed E-state index contributed by atoms with van der Waals surface area (Å²) < 4.78 is 4.67. The van der Waals surface area contributed by atoms with E-state index in [0.717, 1.165) is 0 Å². The largest absolute Gasteiger partial charge is 0.468 e. The van der Waals surface area contributed by atoms with E-state index in [-0.39, 0.29) is 11.9 Å². The molecular weight excluding hydrogens is 182 g/mol. The SMILES string of the molecule is COC(=O)C(C)(C)c1cnc(N)nc1. The quantitative estimate of drug-likeness (QED) is 0.695. The normalized spacial score (nSPS) is 11.1. The molecule has 0 aromatic carbocycles. The summed E-state index contributed by atoms with van der Waals surface area (Å²) in [5.41, 5.74) is 5.27. The summed E-state index contributed by atoms with van der Waals surface area (Å²) in [6.07, 6.45) is 3.05. The fraction of sp³-hybridized carbons (Fsp3) is 0.444. The van der Waals surface area contributed by atoms with Gasteiger partial charge in [-0.15, -0.1) is 0 Å². The Hall–Kier alpha value is -1.65. The molecule has 0 atom stereocenters. The number of rotatable bonds is 2. The molecule has 1 aromatic heterocycles. The Morgan fingerprint density at radius 1 is 1.43 bits per heavy atom. The van der Waals surface area contributed by atoms with E-state index in [1.165, 1.54) is 19.5 Å². The number of nitrogens with zero attached hydrogens (tertiary/aromatic N) is 2. The van der Waals surface area contributed by atoms with E-state index < -0.39 is 5.41 Å². The van der Waals surface area contributed by atoms with Gasteiger partial charge in [0.25, 0.3) is 0 Å². The summed E-state index contributed by atoms with van der Waals surface area (Å²) in [5, 5.41) is 0. The Labute approximate surface area is 82.3 Å². The van der Waals surface area contributed by atoms with Crippen LogP contribution in [0.4, 0.5) is 5.95 Å². The number of hydrogen-bond donors (Lipinski definition) is 1. The van der Waals surface area contributed by atoms with Crippen LogP contribution in [-0.2, 0) is 14.9 Å². The first-order valence-electron chi connectivity index (χ1n) is 4.15. The Balaban J connectivity index is 3.03.